The molecule has 4 heteroatoms. The van der Waals surface area contributed by atoms with Crippen molar-refractivity contribution in [2.45, 2.75) is 24.8 Å². The lowest BCUT2D eigenvalue weighted by Gasteiger charge is -2.18. The molecule has 0 aliphatic heterocycles. The van der Waals surface area contributed by atoms with Crippen LogP contribution < -0.4 is 14.8 Å². The maximum atomic E-state index is 12.7. The summed E-state index contributed by atoms with van der Waals surface area (Å²) >= 11 is 0. The first kappa shape index (κ1) is 15.4. The van der Waals surface area contributed by atoms with Gasteiger partial charge in [-0.2, -0.15) is 0 Å². The van der Waals surface area contributed by atoms with Crippen LogP contribution in [0.3, 0.4) is 0 Å². The van der Waals surface area contributed by atoms with Gasteiger partial charge in [0, 0.05) is 0 Å². The van der Waals surface area contributed by atoms with Gasteiger partial charge in [0.15, 0.2) is 0 Å². The van der Waals surface area contributed by atoms with Gasteiger partial charge in [0.2, 0.25) is 5.91 Å². The second-order valence-corrected chi connectivity index (χ2v) is 5.77. The lowest BCUT2D eigenvalue weighted by molar-refractivity contribution is -0.123. The summed E-state index contributed by atoms with van der Waals surface area (Å²) in [5, 5.41) is 3.05. The average Bonchev–Trinajstić information content (AvgIpc) is 3.42. The van der Waals surface area contributed by atoms with Crippen LogP contribution in [0.2, 0.25) is 0 Å². The summed E-state index contributed by atoms with van der Waals surface area (Å²) in [6.07, 6.45) is 1.79. The van der Waals surface area contributed by atoms with E-state index < -0.39 is 0 Å². The molecule has 1 fully saturated rings. The van der Waals surface area contributed by atoms with E-state index in [9.17, 15) is 4.79 Å². The topological polar surface area (TPSA) is 47.6 Å². The summed E-state index contributed by atoms with van der Waals surface area (Å²) in [5.41, 5.74) is 1.58. The van der Waals surface area contributed by atoms with Crippen LogP contribution in [-0.2, 0) is 16.8 Å². The molecule has 23 heavy (non-hydrogen) atoms. The zero-order valence-corrected chi connectivity index (χ0v) is 13.5. The minimum atomic E-state index is -0.365. The molecule has 0 aromatic heterocycles. The maximum Gasteiger partial charge on any atom is 0.230 e. The highest BCUT2D eigenvalue weighted by atomic mass is 16.5. The van der Waals surface area contributed by atoms with E-state index >= 15 is 0 Å². The lowest BCUT2D eigenvalue weighted by Crippen LogP contribution is -2.34. The highest BCUT2D eigenvalue weighted by molar-refractivity contribution is 5.91. The van der Waals surface area contributed by atoms with E-state index in [-0.39, 0.29) is 11.3 Å². The van der Waals surface area contributed by atoms with Crippen molar-refractivity contribution in [2.24, 2.45) is 0 Å². The minimum Gasteiger partial charge on any atom is -0.496 e. The molecule has 0 spiro atoms. The number of nitrogens with one attached hydrogen (secondary N) is 1. The van der Waals surface area contributed by atoms with Crippen LogP contribution in [-0.4, -0.2) is 20.1 Å². The van der Waals surface area contributed by atoms with Crippen LogP contribution in [0, 0.1) is 0 Å². The van der Waals surface area contributed by atoms with Gasteiger partial charge in [-0.1, -0.05) is 36.4 Å². The molecule has 0 radical (unpaired) electrons. The van der Waals surface area contributed by atoms with Crippen LogP contribution in [0.4, 0.5) is 0 Å². The Hall–Kier alpha value is -2.49. The number of hydrogen-bond acceptors (Lipinski definition) is 3. The standard InChI is InChI=1S/C19H21NO3/c1-22-16-9-6-10-17(23-2)15(16)13-20-18(21)19(11-12-19)14-7-4-3-5-8-14/h3-10H,11-13H2,1-2H3,(H,20,21). The van der Waals surface area contributed by atoms with Crippen LogP contribution in [0.5, 0.6) is 11.5 Å². The van der Waals surface area contributed by atoms with Crippen molar-refractivity contribution in [3.05, 3.63) is 59.7 Å². The maximum absolute atomic E-state index is 12.7. The number of carbonyl (C=O) groups is 1. The zero-order valence-electron chi connectivity index (χ0n) is 13.5. The highest BCUT2D eigenvalue weighted by Crippen LogP contribution is 2.48. The fourth-order valence-electron chi connectivity index (χ4n) is 2.97. The fourth-order valence-corrected chi connectivity index (χ4v) is 2.97. The van der Waals surface area contributed by atoms with Gasteiger partial charge in [0.05, 0.1) is 31.7 Å². The van der Waals surface area contributed by atoms with Gasteiger partial charge in [0.1, 0.15) is 11.5 Å². The smallest absolute Gasteiger partial charge is 0.230 e. The Labute approximate surface area is 136 Å². The Morgan fingerprint density at radius 2 is 1.61 bits per heavy atom. The number of carbonyl (C=O) groups excluding carboxylic acids is 1. The van der Waals surface area contributed by atoms with E-state index in [1.807, 2.05) is 48.5 Å². The molecule has 2 aromatic carbocycles. The van der Waals surface area contributed by atoms with Gasteiger partial charge in [-0.05, 0) is 30.5 Å². The first-order chi connectivity index (χ1) is 11.2. The number of benzene rings is 2. The zero-order chi connectivity index (χ0) is 16.3. The summed E-state index contributed by atoms with van der Waals surface area (Å²) < 4.78 is 10.7. The number of hydrogen-bond donors (Lipinski definition) is 1. The minimum absolute atomic E-state index is 0.0664. The Kier molecular flexibility index (Phi) is 4.24. The molecule has 1 amide bonds. The van der Waals surface area contributed by atoms with Crippen LogP contribution in [0.15, 0.2) is 48.5 Å². The summed E-state index contributed by atoms with van der Waals surface area (Å²) in [7, 11) is 3.24. The molecule has 0 bridgehead atoms. The van der Waals surface area contributed by atoms with Crippen molar-refractivity contribution in [3.63, 3.8) is 0 Å². The van der Waals surface area contributed by atoms with E-state index in [0.29, 0.717) is 18.0 Å². The Morgan fingerprint density at radius 3 is 2.13 bits per heavy atom. The van der Waals surface area contributed by atoms with E-state index in [4.69, 9.17) is 9.47 Å². The van der Waals surface area contributed by atoms with Gasteiger partial charge in [0.25, 0.3) is 0 Å². The molecule has 1 N–H and O–H groups in total. The van der Waals surface area contributed by atoms with Crippen molar-refractivity contribution in [1.82, 2.24) is 5.32 Å². The summed E-state index contributed by atoms with van der Waals surface area (Å²) in [6, 6.07) is 15.6. The fraction of sp³-hybridized carbons (Fsp3) is 0.316. The number of amides is 1. The molecule has 1 aliphatic carbocycles. The van der Waals surface area contributed by atoms with Crippen molar-refractivity contribution in [1.29, 1.82) is 0 Å². The van der Waals surface area contributed by atoms with Gasteiger partial charge < -0.3 is 14.8 Å². The summed E-state index contributed by atoms with van der Waals surface area (Å²) in [6.45, 7) is 0.389. The molecule has 2 aromatic rings. The predicted molar refractivity (Wildman–Crippen MR) is 88.7 cm³/mol. The summed E-state index contributed by atoms with van der Waals surface area (Å²) in [4.78, 5) is 12.7. The molecule has 0 atom stereocenters. The monoisotopic (exact) mass is 311 g/mol. The Bertz CT molecular complexity index is 671. The quantitative estimate of drug-likeness (QED) is 0.892. The average molecular weight is 311 g/mol. The van der Waals surface area contributed by atoms with Crippen molar-refractivity contribution in [3.8, 4) is 11.5 Å². The second kappa shape index (κ2) is 6.32. The van der Waals surface area contributed by atoms with Crippen LogP contribution >= 0.6 is 0 Å². The number of rotatable bonds is 6. The van der Waals surface area contributed by atoms with E-state index in [2.05, 4.69) is 5.32 Å². The van der Waals surface area contributed by atoms with E-state index in [1.54, 1.807) is 14.2 Å². The van der Waals surface area contributed by atoms with Crippen molar-refractivity contribution >= 4 is 5.91 Å². The molecule has 0 heterocycles. The van der Waals surface area contributed by atoms with Crippen LogP contribution in [0.25, 0.3) is 0 Å². The molecular formula is C19H21NO3. The molecule has 0 unspecified atom stereocenters. The predicted octanol–water partition coefficient (Wildman–Crippen LogP) is 3.05. The molecule has 3 rings (SSSR count). The first-order valence-corrected chi connectivity index (χ1v) is 7.75. The van der Waals surface area contributed by atoms with Gasteiger partial charge in [-0.15, -0.1) is 0 Å². The molecular weight excluding hydrogens is 290 g/mol. The molecule has 0 saturated heterocycles. The molecule has 4 nitrogen and oxygen atoms in total. The molecule has 120 valence electrons. The van der Waals surface area contributed by atoms with Crippen molar-refractivity contribution < 1.29 is 14.3 Å². The van der Waals surface area contributed by atoms with E-state index in [0.717, 1.165) is 24.0 Å². The normalized spacial score (nSPS) is 14.9. The van der Waals surface area contributed by atoms with Gasteiger partial charge >= 0.3 is 0 Å². The Morgan fingerprint density at radius 1 is 1.00 bits per heavy atom. The van der Waals surface area contributed by atoms with Gasteiger partial charge in [-0.3, -0.25) is 4.79 Å². The third kappa shape index (κ3) is 2.89. The number of ether oxygens (including phenoxy) is 2. The molecule has 1 saturated carbocycles. The Balaban J connectivity index is 1.76. The third-order valence-electron chi connectivity index (χ3n) is 4.47. The van der Waals surface area contributed by atoms with Gasteiger partial charge in [-0.25, -0.2) is 0 Å². The van der Waals surface area contributed by atoms with E-state index in [1.165, 1.54) is 0 Å². The number of methoxy groups -OCH3 is 2. The van der Waals surface area contributed by atoms with Crippen LogP contribution in [0.1, 0.15) is 24.0 Å². The molecule has 1 aliphatic rings. The van der Waals surface area contributed by atoms with Crippen molar-refractivity contribution in [2.75, 3.05) is 14.2 Å². The third-order valence-corrected chi connectivity index (χ3v) is 4.47. The highest BCUT2D eigenvalue weighted by Gasteiger charge is 2.51. The summed E-state index contributed by atoms with van der Waals surface area (Å²) in [5.74, 6) is 1.50. The first-order valence-electron chi connectivity index (χ1n) is 7.75. The SMILES string of the molecule is COc1cccc(OC)c1CNC(=O)C1(c2ccccc2)CC1. The second-order valence-electron chi connectivity index (χ2n) is 5.77. The largest absolute Gasteiger partial charge is 0.496 e. The lowest BCUT2D eigenvalue weighted by atomic mass is 9.95.